The third-order valence-electron chi connectivity index (χ3n) is 13.6. The molecule has 414 valence electrons. The van der Waals surface area contributed by atoms with Gasteiger partial charge in [0.1, 0.15) is 30.8 Å². The number of hydrogen-bond acceptors (Lipinski definition) is 12. The number of primary amides is 1. The molecule has 7 aromatic rings. The van der Waals surface area contributed by atoms with Gasteiger partial charge >= 0.3 is 12.1 Å². The Balaban J connectivity index is 0.944. The number of urea groups is 1. The second-order valence-corrected chi connectivity index (χ2v) is 19.9. The topological polar surface area (TPSA) is 281 Å². The van der Waals surface area contributed by atoms with Crippen molar-refractivity contribution in [1.82, 2.24) is 55.3 Å². The quantitative estimate of drug-likeness (QED) is 0.0243. The highest BCUT2D eigenvalue weighted by molar-refractivity contribution is 6.12. The molecule has 8 amide bonds. The lowest BCUT2D eigenvalue weighted by Crippen LogP contribution is -2.54. The van der Waals surface area contributed by atoms with Crippen LogP contribution in [0.15, 0.2) is 128 Å². The summed E-state index contributed by atoms with van der Waals surface area (Å²) in [6.45, 7) is 8.01. The molecule has 8 rings (SSSR count). The van der Waals surface area contributed by atoms with E-state index in [-0.39, 0.29) is 75.7 Å². The summed E-state index contributed by atoms with van der Waals surface area (Å²) in [5, 5.41) is 15.3. The van der Waals surface area contributed by atoms with Crippen LogP contribution in [0.3, 0.4) is 0 Å². The Morgan fingerprint density at radius 2 is 1.54 bits per heavy atom. The number of hydrogen-bond donors (Lipinski definition) is 6. The fraction of sp³-hybridized carbons (Fsp3) is 0.305. The second-order valence-electron chi connectivity index (χ2n) is 19.9. The number of H-pyrrole nitrogens is 1. The average molecular weight is 1080 g/mol. The highest BCUT2D eigenvalue weighted by Gasteiger charge is 2.30. The van der Waals surface area contributed by atoms with Crippen LogP contribution in [0.4, 0.5) is 15.3 Å². The van der Waals surface area contributed by atoms with Crippen molar-refractivity contribution in [2.75, 3.05) is 18.4 Å². The number of imide groups is 1. The third-order valence-corrected chi connectivity index (χ3v) is 13.6. The number of aryl methyl sites for hydroxylation is 1. The van der Waals surface area contributed by atoms with E-state index in [1.54, 1.807) is 47.5 Å². The number of aromatic nitrogens is 6. The third kappa shape index (κ3) is 14.9. The molecule has 0 radical (unpaired) electrons. The van der Waals surface area contributed by atoms with Gasteiger partial charge in [0, 0.05) is 61.3 Å². The largest absolute Gasteiger partial charge is 0.445 e. The predicted octanol–water partition coefficient (Wildman–Crippen LogP) is 7.30. The van der Waals surface area contributed by atoms with E-state index >= 15 is 0 Å². The minimum atomic E-state index is -1.07. The summed E-state index contributed by atoms with van der Waals surface area (Å²) in [6, 6.07) is 29.5. The van der Waals surface area contributed by atoms with E-state index in [0.29, 0.717) is 59.1 Å². The molecule has 80 heavy (non-hydrogen) atoms. The van der Waals surface area contributed by atoms with E-state index in [2.05, 4.69) is 42.4 Å². The summed E-state index contributed by atoms with van der Waals surface area (Å²) >= 11 is 0. The number of ether oxygens (including phenoxy) is 1. The first kappa shape index (κ1) is 56.7. The number of carbonyl (C=O) groups excluding carboxylic acids is 7. The molecule has 1 unspecified atom stereocenters. The summed E-state index contributed by atoms with van der Waals surface area (Å²) in [6.07, 6.45) is 7.27. The van der Waals surface area contributed by atoms with E-state index < -0.39 is 36.0 Å². The molecule has 0 spiro atoms. The summed E-state index contributed by atoms with van der Waals surface area (Å²) < 4.78 is 7.71. The number of imidazole rings is 1. The first-order valence-corrected chi connectivity index (χ1v) is 26.5. The van der Waals surface area contributed by atoms with Crippen LogP contribution >= 0.6 is 0 Å². The number of pyridine rings is 2. The summed E-state index contributed by atoms with van der Waals surface area (Å²) in [4.78, 5) is 111. The standard InChI is InChI=1S/C59H65N13O8/c1-37(2)53(69-50(73)21-9-6-10-31-71-51(74)28-29-52(71)75)57(77)66-47(20-13-30-61-58(60)78)56(76)65-44-25-22-40(23-26-44)35-80-59(79)70(32-42-17-12-18-45(39(42)4)41-15-7-5-8-16-41)34-48-67-54(43-24-27-49-62-36-63-72(49)33-43)55(68-48)46-19-11-14-38(3)64-46/h5,7-8,11-12,14-19,22-29,33,36-37,47,53H,6,9-10,13,20-21,30-32,34-35H2,1-4H3,(H,65,76)(H,66,77)(H,67,68)(H,69,73)(H3,60,61,78)/t47-,53?/m0/s1. The number of aromatic amines is 1. The van der Waals surface area contributed by atoms with Crippen molar-refractivity contribution in [2.45, 2.75) is 98.0 Å². The zero-order valence-corrected chi connectivity index (χ0v) is 45.1. The van der Waals surface area contributed by atoms with Gasteiger partial charge in [0.2, 0.25) is 17.7 Å². The second kappa shape index (κ2) is 26.7. The summed E-state index contributed by atoms with van der Waals surface area (Å²) in [5.74, 6) is -2.04. The zero-order valence-electron chi connectivity index (χ0n) is 45.1. The Hall–Kier alpha value is -9.53. The number of rotatable bonds is 25. The molecule has 0 saturated heterocycles. The van der Waals surface area contributed by atoms with Crippen LogP contribution in [0.5, 0.6) is 0 Å². The van der Waals surface area contributed by atoms with Gasteiger partial charge in [0.15, 0.2) is 5.65 Å². The maximum atomic E-state index is 14.4. The number of carbonyl (C=O) groups is 7. The van der Waals surface area contributed by atoms with Gasteiger partial charge in [-0.25, -0.2) is 24.1 Å². The zero-order chi connectivity index (χ0) is 56.7. The van der Waals surface area contributed by atoms with Crippen molar-refractivity contribution in [3.63, 3.8) is 0 Å². The summed E-state index contributed by atoms with van der Waals surface area (Å²) in [7, 11) is 0. The van der Waals surface area contributed by atoms with Crippen molar-refractivity contribution < 1.29 is 38.3 Å². The van der Waals surface area contributed by atoms with E-state index in [0.717, 1.165) is 38.4 Å². The molecule has 3 aromatic carbocycles. The monoisotopic (exact) mass is 1080 g/mol. The van der Waals surface area contributed by atoms with Crippen molar-refractivity contribution in [2.24, 2.45) is 11.7 Å². The van der Waals surface area contributed by atoms with Crippen molar-refractivity contribution in [3.8, 4) is 33.8 Å². The van der Waals surface area contributed by atoms with Crippen LogP contribution in [-0.2, 0) is 48.4 Å². The van der Waals surface area contributed by atoms with Crippen molar-refractivity contribution in [1.29, 1.82) is 0 Å². The maximum absolute atomic E-state index is 14.4. The van der Waals surface area contributed by atoms with Gasteiger partial charge in [-0.1, -0.05) is 87.0 Å². The maximum Gasteiger partial charge on any atom is 0.410 e. The number of benzene rings is 3. The van der Waals surface area contributed by atoms with Crippen LogP contribution < -0.4 is 27.0 Å². The van der Waals surface area contributed by atoms with Gasteiger partial charge in [-0.3, -0.25) is 38.8 Å². The molecule has 0 aliphatic carbocycles. The van der Waals surface area contributed by atoms with Crippen molar-refractivity contribution >= 4 is 53.0 Å². The molecule has 4 aromatic heterocycles. The van der Waals surface area contributed by atoms with Gasteiger partial charge in [-0.2, -0.15) is 5.10 Å². The Morgan fingerprint density at radius 1 is 0.775 bits per heavy atom. The van der Waals surface area contributed by atoms with E-state index in [9.17, 15) is 33.6 Å². The SMILES string of the molecule is Cc1cccc(-c2[nH]c(CN(Cc3cccc(-c4ccccc4)c3C)C(=O)OCc3ccc(NC(=O)[C@H](CCCNC(N)=O)NC(=O)C(NC(=O)CCCCCN4C(=O)C=CC4=O)C(C)C)cc3)nc2-c2ccc3ncnn3c2)n1. The van der Waals surface area contributed by atoms with E-state index in [1.807, 2.05) is 92.8 Å². The molecule has 21 heteroatoms. The first-order chi connectivity index (χ1) is 38.6. The van der Waals surface area contributed by atoms with E-state index in [4.69, 9.17) is 20.4 Å². The number of nitrogens with zero attached hydrogens (tertiary/aromatic N) is 7. The number of nitrogens with one attached hydrogen (secondary N) is 5. The van der Waals surface area contributed by atoms with Crippen LogP contribution in [0.1, 0.15) is 80.6 Å². The molecule has 21 nitrogen and oxygen atoms in total. The lowest BCUT2D eigenvalue weighted by molar-refractivity contribution is -0.137. The molecule has 0 saturated carbocycles. The number of amides is 8. The molecule has 0 bridgehead atoms. The molecule has 5 heterocycles. The molecular formula is C59H65N13O8. The van der Waals surface area contributed by atoms with Crippen LogP contribution in [0, 0.1) is 19.8 Å². The van der Waals surface area contributed by atoms with Crippen LogP contribution in [0.25, 0.3) is 39.4 Å². The number of nitrogens with two attached hydrogens (primary N) is 1. The molecule has 0 fully saturated rings. The number of unbranched alkanes of at least 4 members (excludes halogenated alkanes) is 2. The fourth-order valence-corrected chi connectivity index (χ4v) is 9.25. The van der Waals surface area contributed by atoms with Crippen LogP contribution in [0.2, 0.25) is 0 Å². The molecular weight excluding hydrogens is 1020 g/mol. The predicted molar refractivity (Wildman–Crippen MR) is 300 cm³/mol. The highest BCUT2D eigenvalue weighted by Crippen LogP contribution is 2.31. The first-order valence-electron chi connectivity index (χ1n) is 26.5. The van der Waals surface area contributed by atoms with Crippen LogP contribution in [-0.4, -0.2) is 106 Å². The normalized spacial score (nSPS) is 12.8. The lowest BCUT2D eigenvalue weighted by atomic mass is 9.96. The van der Waals surface area contributed by atoms with Gasteiger partial charge in [0.25, 0.3) is 11.8 Å². The Bertz CT molecular complexity index is 3370. The van der Waals surface area contributed by atoms with Crippen molar-refractivity contribution in [3.05, 3.63) is 156 Å². The minimum Gasteiger partial charge on any atom is -0.445 e. The molecule has 7 N–H and O–H groups in total. The average Bonchev–Trinajstić information content (AvgIpc) is 4.19. The van der Waals surface area contributed by atoms with Gasteiger partial charge in [0.05, 0.1) is 23.6 Å². The minimum absolute atomic E-state index is 0.0386. The van der Waals surface area contributed by atoms with Gasteiger partial charge in [-0.05, 0) is 110 Å². The molecule has 1 aliphatic heterocycles. The Kier molecular flexibility index (Phi) is 18.9. The van der Waals surface area contributed by atoms with Gasteiger partial charge < -0.3 is 36.7 Å². The number of fused-ring (bicyclic) bond motifs is 1. The fourth-order valence-electron chi connectivity index (χ4n) is 9.25. The Labute approximate surface area is 462 Å². The summed E-state index contributed by atoms with van der Waals surface area (Å²) in [5.41, 5.74) is 14.5. The van der Waals surface area contributed by atoms with Gasteiger partial charge in [-0.15, -0.1) is 0 Å². The smallest absolute Gasteiger partial charge is 0.410 e. The molecule has 1 aliphatic rings. The highest BCUT2D eigenvalue weighted by atomic mass is 16.6. The number of anilines is 1. The molecule has 2 atom stereocenters. The Morgan fingerprint density at radius 3 is 2.27 bits per heavy atom. The lowest BCUT2D eigenvalue weighted by Gasteiger charge is -2.25. The van der Waals surface area contributed by atoms with E-state index in [1.165, 1.54) is 18.5 Å².